The van der Waals surface area contributed by atoms with Gasteiger partial charge in [-0.2, -0.15) is 0 Å². The van der Waals surface area contributed by atoms with E-state index in [9.17, 15) is 13.9 Å². The molecule has 3 saturated carbocycles. The first-order valence-electron chi connectivity index (χ1n) is 16.1. The summed E-state index contributed by atoms with van der Waals surface area (Å²) in [6, 6.07) is 3.75. The standard InChI is InChI=1S/C32H54O9P2/c1-10-15-16-17-18-31(6,7)23-19-28(40-42(34,36-11-2)37-12-3)30(24-21-27(33)26-22-25(24)32(26,8)9)29(20-23)41-43(35,38-13-4)39-14-5/h19-20,24-26H,10-18,21-22H2,1-9H3/t24-,25+,26-/m0/s1. The third kappa shape index (κ3) is 8.34. The van der Waals surface area contributed by atoms with E-state index in [1.807, 2.05) is 12.1 Å². The number of hydrogen-bond acceptors (Lipinski definition) is 9. The molecule has 3 aliphatic carbocycles. The van der Waals surface area contributed by atoms with E-state index in [0.29, 0.717) is 5.56 Å². The maximum absolute atomic E-state index is 13.8. The highest BCUT2D eigenvalue weighted by Gasteiger charge is 2.60. The fraction of sp³-hybridized carbons (Fsp3) is 0.781. The van der Waals surface area contributed by atoms with Gasteiger partial charge in [-0.05, 0) is 75.0 Å². The zero-order valence-electron chi connectivity index (χ0n) is 27.7. The number of fused-ring (bicyclic) bond motifs is 2. The summed E-state index contributed by atoms with van der Waals surface area (Å²) in [5.74, 6) is 0.471. The topological polar surface area (TPSA) is 107 Å². The van der Waals surface area contributed by atoms with Crippen LogP contribution in [0.1, 0.15) is 124 Å². The van der Waals surface area contributed by atoms with E-state index in [2.05, 4.69) is 34.6 Å². The Morgan fingerprint density at radius 1 is 0.814 bits per heavy atom. The lowest BCUT2D eigenvalue weighted by atomic mass is 9.44. The van der Waals surface area contributed by atoms with Crippen molar-refractivity contribution < 1.29 is 41.1 Å². The summed E-state index contributed by atoms with van der Waals surface area (Å²) in [5, 5.41) is 0. The number of Topliss-reactive ketones (excluding diaryl/α,β-unsaturated/α-hetero) is 1. The molecule has 3 atom stereocenters. The molecule has 3 aliphatic rings. The Labute approximate surface area is 259 Å². The quantitative estimate of drug-likeness (QED) is 0.107. The maximum Gasteiger partial charge on any atom is 0.530 e. The summed E-state index contributed by atoms with van der Waals surface area (Å²) >= 11 is 0. The van der Waals surface area contributed by atoms with Crippen molar-refractivity contribution in [2.75, 3.05) is 26.4 Å². The van der Waals surface area contributed by atoms with Gasteiger partial charge in [-0.1, -0.05) is 60.3 Å². The predicted molar refractivity (Wildman–Crippen MR) is 169 cm³/mol. The molecule has 2 bridgehead atoms. The summed E-state index contributed by atoms with van der Waals surface area (Å²) in [6.07, 6.45) is 6.32. The van der Waals surface area contributed by atoms with Crippen LogP contribution in [0.15, 0.2) is 12.1 Å². The van der Waals surface area contributed by atoms with E-state index in [0.717, 1.165) is 44.1 Å². The van der Waals surface area contributed by atoms with Crippen molar-refractivity contribution in [3.8, 4) is 11.5 Å². The molecule has 0 unspecified atom stereocenters. The third-order valence-corrected chi connectivity index (χ3v) is 12.3. The van der Waals surface area contributed by atoms with Crippen LogP contribution in [0.2, 0.25) is 0 Å². The summed E-state index contributed by atoms with van der Waals surface area (Å²) in [5.41, 5.74) is 0.798. The van der Waals surface area contributed by atoms with E-state index < -0.39 is 15.6 Å². The van der Waals surface area contributed by atoms with Crippen LogP contribution in [-0.2, 0) is 37.4 Å². The molecule has 0 radical (unpaired) electrons. The van der Waals surface area contributed by atoms with Crippen molar-refractivity contribution in [1.82, 2.24) is 0 Å². The zero-order chi connectivity index (χ0) is 32.1. The highest BCUT2D eigenvalue weighted by atomic mass is 31.2. The molecule has 4 rings (SSSR count). The Bertz CT molecular complexity index is 1120. The van der Waals surface area contributed by atoms with E-state index in [4.69, 9.17) is 27.1 Å². The van der Waals surface area contributed by atoms with Gasteiger partial charge in [0.2, 0.25) is 0 Å². The van der Waals surface area contributed by atoms with Gasteiger partial charge < -0.3 is 9.05 Å². The van der Waals surface area contributed by atoms with Crippen molar-refractivity contribution in [1.29, 1.82) is 0 Å². The van der Waals surface area contributed by atoms with Crippen LogP contribution in [0.5, 0.6) is 11.5 Å². The second-order valence-electron chi connectivity index (χ2n) is 12.8. The van der Waals surface area contributed by atoms with Crippen LogP contribution >= 0.6 is 15.6 Å². The molecule has 0 saturated heterocycles. The van der Waals surface area contributed by atoms with Crippen molar-refractivity contribution in [3.63, 3.8) is 0 Å². The molecule has 0 aliphatic heterocycles. The molecule has 3 fully saturated rings. The molecule has 246 valence electrons. The van der Waals surface area contributed by atoms with Gasteiger partial charge in [0, 0.05) is 23.8 Å². The van der Waals surface area contributed by atoms with Crippen LogP contribution in [0.3, 0.4) is 0 Å². The van der Waals surface area contributed by atoms with E-state index in [-0.39, 0.29) is 78.7 Å². The number of benzene rings is 1. The third-order valence-electron chi connectivity index (χ3n) is 9.12. The number of phosphoric acid groups is 2. The van der Waals surface area contributed by atoms with Gasteiger partial charge in [0.05, 0.1) is 26.4 Å². The van der Waals surface area contributed by atoms with Crippen LogP contribution in [0.4, 0.5) is 0 Å². The molecule has 0 amide bonds. The van der Waals surface area contributed by atoms with Gasteiger partial charge >= 0.3 is 15.6 Å². The van der Waals surface area contributed by atoms with Crippen molar-refractivity contribution in [2.45, 2.75) is 119 Å². The smallest absolute Gasteiger partial charge is 0.404 e. The summed E-state index contributed by atoms with van der Waals surface area (Å²) in [6.45, 7) is 18.0. The Kier molecular flexibility index (Phi) is 12.6. The first-order chi connectivity index (χ1) is 20.2. The van der Waals surface area contributed by atoms with Crippen LogP contribution < -0.4 is 9.05 Å². The highest BCUT2D eigenvalue weighted by molar-refractivity contribution is 7.49. The van der Waals surface area contributed by atoms with Crippen molar-refractivity contribution in [2.24, 2.45) is 17.3 Å². The molecule has 0 heterocycles. The largest absolute Gasteiger partial charge is 0.530 e. The summed E-state index contributed by atoms with van der Waals surface area (Å²) in [4.78, 5) is 13.3. The maximum atomic E-state index is 13.8. The van der Waals surface area contributed by atoms with E-state index >= 15 is 0 Å². The average molecular weight is 645 g/mol. The minimum atomic E-state index is -4.04. The number of phosphoric ester groups is 2. The van der Waals surface area contributed by atoms with Gasteiger partial charge in [-0.25, -0.2) is 9.13 Å². The van der Waals surface area contributed by atoms with E-state index in [1.165, 1.54) is 0 Å². The highest BCUT2D eigenvalue weighted by Crippen LogP contribution is 2.66. The van der Waals surface area contributed by atoms with Gasteiger partial charge in [0.25, 0.3) is 0 Å². The Morgan fingerprint density at radius 3 is 1.70 bits per heavy atom. The lowest BCUT2D eigenvalue weighted by Gasteiger charge is -2.59. The second-order valence-corrected chi connectivity index (χ2v) is 16.0. The lowest BCUT2D eigenvalue weighted by molar-refractivity contribution is -0.151. The molecule has 0 aromatic heterocycles. The number of carbonyl (C=O) groups excluding carboxylic acids is 1. The first kappa shape index (κ1) is 36.3. The lowest BCUT2D eigenvalue weighted by Crippen LogP contribution is -2.56. The fourth-order valence-electron chi connectivity index (χ4n) is 6.69. The molecular weight excluding hydrogens is 590 g/mol. The van der Waals surface area contributed by atoms with Gasteiger partial charge in [-0.15, -0.1) is 0 Å². The number of ketones is 1. The molecule has 0 spiro atoms. The molecule has 11 heteroatoms. The van der Waals surface area contributed by atoms with Gasteiger partial charge in [-0.3, -0.25) is 22.9 Å². The Hall–Kier alpha value is -1.21. The number of unbranched alkanes of at least 4 members (excludes halogenated alkanes) is 3. The Morgan fingerprint density at radius 2 is 1.30 bits per heavy atom. The molecule has 43 heavy (non-hydrogen) atoms. The van der Waals surface area contributed by atoms with Crippen LogP contribution in [0, 0.1) is 17.3 Å². The minimum absolute atomic E-state index is 0.000267. The molecule has 1 aromatic carbocycles. The predicted octanol–water partition coefficient (Wildman–Crippen LogP) is 9.77. The van der Waals surface area contributed by atoms with E-state index in [1.54, 1.807) is 27.7 Å². The fourth-order valence-corrected chi connectivity index (χ4v) is 9.10. The SMILES string of the molecule is CCCCCCC(C)(C)c1cc(OP(=O)(OCC)OCC)c([C@H]2CC(=O)[C@@H]3C[C@H]2C3(C)C)c(OP(=O)(OCC)OCC)c1. The molecular formula is C32H54O9P2. The second kappa shape index (κ2) is 14.9. The Balaban J connectivity index is 2.28. The summed E-state index contributed by atoms with van der Waals surface area (Å²) in [7, 11) is -8.09. The number of hydrogen-bond donors (Lipinski definition) is 0. The number of rotatable bonds is 19. The van der Waals surface area contributed by atoms with Crippen molar-refractivity contribution in [3.05, 3.63) is 23.3 Å². The zero-order valence-corrected chi connectivity index (χ0v) is 29.5. The normalized spacial score (nSPS) is 21.9. The van der Waals surface area contributed by atoms with Crippen LogP contribution in [0.25, 0.3) is 0 Å². The van der Waals surface area contributed by atoms with Crippen molar-refractivity contribution >= 4 is 21.4 Å². The average Bonchev–Trinajstić information content (AvgIpc) is 2.90. The number of carbonyl (C=O) groups is 1. The summed E-state index contributed by atoms with van der Waals surface area (Å²) < 4.78 is 62.3. The van der Waals surface area contributed by atoms with Gasteiger partial charge in [0.15, 0.2) is 0 Å². The monoisotopic (exact) mass is 644 g/mol. The van der Waals surface area contributed by atoms with Crippen LogP contribution in [-0.4, -0.2) is 32.2 Å². The molecule has 1 aromatic rings. The van der Waals surface area contributed by atoms with Gasteiger partial charge in [0.1, 0.15) is 17.3 Å². The molecule has 9 nitrogen and oxygen atoms in total. The first-order valence-corrected chi connectivity index (χ1v) is 19.0. The minimum Gasteiger partial charge on any atom is -0.404 e. The molecule has 0 N–H and O–H groups in total.